The van der Waals surface area contributed by atoms with Gasteiger partial charge < -0.3 is 4.42 Å². The van der Waals surface area contributed by atoms with Gasteiger partial charge in [-0.3, -0.25) is 0 Å². The van der Waals surface area contributed by atoms with Crippen molar-refractivity contribution in [1.29, 1.82) is 0 Å². The minimum absolute atomic E-state index is 0.160. The lowest BCUT2D eigenvalue weighted by Gasteiger charge is -2.20. The van der Waals surface area contributed by atoms with Crippen molar-refractivity contribution in [3.05, 3.63) is 242 Å². The molecule has 0 saturated carbocycles. The van der Waals surface area contributed by atoms with Crippen molar-refractivity contribution in [2.24, 2.45) is 0 Å². The van der Waals surface area contributed by atoms with Gasteiger partial charge in [0.25, 0.3) is 0 Å². The molecule has 0 bridgehead atoms. The zero-order valence-electron chi connectivity index (χ0n) is 52.3. The fraction of sp³-hybridized carbons (Fsp3) is 0.307. The first-order valence-electron chi connectivity index (χ1n) is 29.4. The highest BCUT2D eigenvalue weighted by Crippen LogP contribution is 2.48. The molecule has 0 amide bonds. The number of fused-ring (bicyclic) bond motifs is 10. The summed E-state index contributed by atoms with van der Waals surface area (Å²) in [4.78, 5) is 0. The molecule has 416 valence electrons. The van der Waals surface area contributed by atoms with Gasteiger partial charge in [-0.05, 0) is 57.3 Å². The first kappa shape index (κ1) is 74.5. The average Bonchev–Trinajstić information content (AvgIpc) is 4.21. The predicted molar refractivity (Wildman–Crippen MR) is 361 cm³/mol. The zero-order chi connectivity index (χ0) is 58.9. The number of rotatable bonds is 0. The van der Waals surface area contributed by atoms with E-state index in [0.717, 1.165) is 11.2 Å². The number of benzene rings is 9. The molecule has 2 heteroatoms. The molecule has 11 aromatic rings. The first-order valence-corrected chi connectivity index (χ1v) is 30.3. The molecule has 1 aliphatic carbocycles. The van der Waals surface area contributed by atoms with Crippen LogP contribution in [-0.2, 0) is 5.41 Å². The summed E-state index contributed by atoms with van der Waals surface area (Å²) in [5.41, 5.74) is 7.79. The number of hydrogen-bond acceptors (Lipinski definition) is 2. The fourth-order valence-corrected chi connectivity index (χ4v) is 8.64. The van der Waals surface area contributed by atoms with Gasteiger partial charge >= 0.3 is 0 Å². The number of thiophene rings is 1. The van der Waals surface area contributed by atoms with E-state index in [4.69, 9.17) is 4.42 Å². The Bertz CT molecular complexity index is 2660. The van der Waals surface area contributed by atoms with Crippen molar-refractivity contribution in [2.75, 3.05) is 0 Å². The maximum atomic E-state index is 5.65. The molecule has 12 rings (SSSR count). The molecule has 0 atom stereocenters. The molecule has 2 aromatic heterocycles. The molecule has 0 saturated heterocycles. The maximum absolute atomic E-state index is 5.65. The second-order valence-electron chi connectivity index (χ2n) is 14.4. The van der Waals surface area contributed by atoms with Crippen LogP contribution in [0.25, 0.3) is 64.0 Å². The van der Waals surface area contributed by atoms with Crippen molar-refractivity contribution in [2.45, 2.75) is 158 Å². The zero-order valence-corrected chi connectivity index (χ0v) is 53.1. The third-order valence-electron chi connectivity index (χ3n) is 10.4. The third-order valence-corrected chi connectivity index (χ3v) is 11.5. The number of furan rings is 1. The van der Waals surface area contributed by atoms with Crippen molar-refractivity contribution in [3.8, 4) is 11.1 Å². The Labute approximate surface area is 476 Å². The Hall–Kier alpha value is -6.74. The normalized spacial score (nSPS) is 9.53. The van der Waals surface area contributed by atoms with Crippen LogP contribution in [0.15, 0.2) is 235 Å². The van der Waals surface area contributed by atoms with E-state index in [0.29, 0.717) is 0 Å². The van der Waals surface area contributed by atoms with Gasteiger partial charge in [0.2, 0.25) is 0 Å². The van der Waals surface area contributed by atoms with Gasteiger partial charge in [0, 0.05) is 36.4 Å². The summed E-state index contributed by atoms with van der Waals surface area (Å²) in [6.07, 6.45) is 0. The van der Waals surface area contributed by atoms with Crippen LogP contribution in [0.3, 0.4) is 0 Å². The van der Waals surface area contributed by atoms with Crippen LogP contribution in [0, 0.1) is 0 Å². The summed E-state index contributed by atoms with van der Waals surface area (Å²) in [5.74, 6) is 0. The quantitative estimate of drug-likeness (QED) is 0.148. The van der Waals surface area contributed by atoms with Crippen molar-refractivity contribution in [1.82, 2.24) is 0 Å². The molecule has 0 unspecified atom stereocenters. The van der Waals surface area contributed by atoms with Crippen LogP contribution in [0.4, 0.5) is 0 Å². The molecule has 9 aromatic carbocycles. The molecule has 77 heavy (non-hydrogen) atoms. The summed E-state index contributed by atoms with van der Waals surface area (Å²) in [5, 5.41) is 7.76. The molecule has 0 radical (unpaired) electrons. The maximum Gasteiger partial charge on any atom is 0.135 e. The van der Waals surface area contributed by atoms with E-state index in [1.54, 1.807) is 0 Å². The fourth-order valence-electron chi connectivity index (χ4n) is 7.54. The Kier molecular flexibility index (Phi) is 47.3. The monoisotopic (exact) mass is 1050 g/mol. The second-order valence-corrected chi connectivity index (χ2v) is 15.5. The molecule has 0 spiro atoms. The first-order chi connectivity index (χ1) is 38.1. The van der Waals surface area contributed by atoms with Gasteiger partial charge in [0.05, 0.1) is 0 Å². The molecule has 0 fully saturated rings. The summed E-state index contributed by atoms with van der Waals surface area (Å²) in [7, 11) is 0. The van der Waals surface area contributed by atoms with E-state index < -0.39 is 0 Å². The number of hydrogen-bond donors (Lipinski definition) is 0. The highest BCUT2D eigenvalue weighted by molar-refractivity contribution is 7.25. The minimum atomic E-state index is 0.160. The van der Waals surface area contributed by atoms with E-state index >= 15 is 0 Å². The molecule has 0 aliphatic heterocycles. The standard InChI is InChI=1S/C15H14.C12H8O.C12H8S.C10H8.C6H6.10C2H6/c1-15(2)13-9-5-3-7-11(13)12-8-4-6-10-14(12)15;2*1-3-7-11-9(5-1)10-6-2-4-8-12(10)13-11;1-2-6-10-8-4-3-7-9(10)5-1;1-2-4-6-5-3-1;10*1-2/h3-10H,1-2H3;2*1-8H;1-8H;1-6H;10*1-2H3. The van der Waals surface area contributed by atoms with Crippen LogP contribution in [0.5, 0.6) is 0 Å². The summed E-state index contributed by atoms with van der Waals surface area (Å²) < 4.78 is 8.41. The summed E-state index contributed by atoms with van der Waals surface area (Å²) >= 11 is 1.86. The Morgan fingerprint density at radius 2 is 0.481 bits per heavy atom. The van der Waals surface area contributed by atoms with Gasteiger partial charge in [0.1, 0.15) is 11.2 Å². The van der Waals surface area contributed by atoms with Gasteiger partial charge in [0.15, 0.2) is 0 Å². The van der Waals surface area contributed by atoms with E-state index in [9.17, 15) is 0 Å². The SMILES string of the molecule is CC.CC.CC.CC.CC.CC.CC.CC.CC.CC.CC1(C)c2ccccc2-c2ccccc21.c1ccc2c(c1)oc1ccccc12.c1ccc2c(c1)sc1ccccc12.c1ccc2ccccc2c1.c1ccccc1. The second kappa shape index (κ2) is 48.9. The van der Waals surface area contributed by atoms with E-state index in [1.807, 2.05) is 223 Å². The van der Waals surface area contributed by atoms with Gasteiger partial charge in [-0.25, -0.2) is 0 Å². The molecule has 1 aliphatic rings. The highest BCUT2D eigenvalue weighted by atomic mass is 32.1. The average molecular weight is 1050 g/mol. The molecule has 1 nitrogen and oxygen atoms in total. The van der Waals surface area contributed by atoms with Gasteiger partial charge in [-0.1, -0.05) is 359 Å². The van der Waals surface area contributed by atoms with Crippen LogP contribution in [0.2, 0.25) is 0 Å². The Balaban J connectivity index is -0.000000832. The molecular formula is C75H104OS. The van der Waals surface area contributed by atoms with Gasteiger partial charge in [-0.15, -0.1) is 11.3 Å². The predicted octanol–water partition coefficient (Wildman–Crippen LogP) is 26.4. The van der Waals surface area contributed by atoms with Crippen LogP contribution in [0.1, 0.15) is 163 Å². The summed E-state index contributed by atoms with van der Waals surface area (Å²) in [6, 6.07) is 79.5. The summed E-state index contributed by atoms with van der Waals surface area (Å²) in [6.45, 7) is 44.6. The lowest BCUT2D eigenvalue weighted by atomic mass is 9.82. The van der Waals surface area contributed by atoms with Crippen LogP contribution >= 0.6 is 11.3 Å². The van der Waals surface area contributed by atoms with Crippen molar-refractivity contribution in [3.63, 3.8) is 0 Å². The van der Waals surface area contributed by atoms with Crippen LogP contribution < -0.4 is 0 Å². The largest absolute Gasteiger partial charge is 0.456 e. The van der Waals surface area contributed by atoms with E-state index in [1.165, 1.54) is 64.0 Å². The lowest BCUT2D eigenvalue weighted by Crippen LogP contribution is -2.14. The minimum Gasteiger partial charge on any atom is -0.456 e. The Morgan fingerprint density at radius 3 is 0.792 bits per heavy atom. The molecular weight excluding hydrogens is 949 g/mol. The molecule has 0 N–H and O–H groups in total. The lowest BCUT2D eigenvalue weighted by molar-refractivity contribution is 0.660. The highest BCUT2D eigenvalue weighted by Gasteiger charge is 2.34. The van der Waals surface area contributed by atoms with E-state index in [-0.39, 0.29) is 5.41 Å². The smallest absolute Gasteiger partial charge is 0.135 e. The number of para-hydroxylation sites is 2. The van der Waals surface area contributed by atoms with Gasteiger partial charge in [-0.2, -0.15) is 0 Å². The van der Waals surface area contributed by atoms with Crippen molar-refractivity contribution >= 4 is 64.2 Å². The molecule has 2 heterocycles. The van der Waals surface area contributed by atoms with Crippen molar-refractivity contribution < 1.29 is 4.42 Å². The van der Waals surface area contributed by atoms with E-state index in [2.05, 4.69) is 172 Å². The third kappa shape index (κ3) is 23.6. The Morgan fingerprint density at radius 1 is 0.247 bits per heavy atom. The topological polar surface area (TPSA) is 13.1 Å². The van der Waals surface area contributed by atoms with Crippen LogP contribution in [-0.4, -0.2) is 0 Å².